The highest BCUT2D eigenvalue weighted by atomic mass is 35.5. The third-order valence-corrected chi connectivity index (χ3v) is 5.04. The molecular weight excluding hydrogens is 326 g/mol. The van der Waals surface area contributed by atoms with Crippen molar-refractivity contribution in [1.29, 1.82) is 0 Å². The van der Waals surface area contributed by atoms with Crippen LogP contribution >= 0.6 is 11.6 Å². The molecule has 4 aromatic rings. The Hall–Kier alpha value is -2.90. The number of para-hydroxylation sites is 1. The Bertz CT molecular complexity index is 1160. The van der Waals surface area contributed by atoms with E-state index in [-0.39, 0.29) is 0 Å². The normalized spacial score (nSPS) is 13.9. The van der Waals surface area contributed by atoms with E-state index >= 15 is 0 Å². The van der Waals surface area contributed by atoms with E-state index in [2.05, 4.69) is 54.6 Å². The molecule has 0 unspecified atom stereocenters. The highest BCUT2D eigenvalue weighted by Gasteiger charge is 2.25. The Morgan fingerprint density at radius 3 is 2.32 bits per heavy atom. The number of pyridine rings is 1. The summed E-state index contributed by atoms with van der Waals surface area (Å²) >= 11 is 6.39. The summed E-state index contributed by atoms with van der Waals surface area (Å²) in [6, 6.07) is 26.9. The van der Waals surface area contributed by atoms with E-state index in [1.165, 1.54) is 22.3 Å². The molecule has 0 radical (unpaired) electrons. The van der Waals surface area contributed by atoms with Crippen molar-refractivity contribution in [2.45, 2.75) is 0 Å². The molecule has 0 aliphatic heterocycles. The number of hydrogen-bond donors (Lipinski definition) is 0. The minimum atomic E-state index is 0.759. The number of rotatable bonds is 1. The SMILES string of the molecule is Clc1ccccc1/C=C1/c2ccccc2-c2nc3ccccc3cc21. The summed E-state index contributed by atoms with van der Waals surface area (Å²) in [5.41, 5.74) is 7.83. The zero-order valence-corrected chi connectivity index (χ0v) is 14.2. The maximum atomic E-state index is 6.39. The minimum Gasteiger partial charge on any atom is -0.247 e. The van der Waals surface area contributed by atoms with Gasteiger partial charge in [0.1, 0.15) is 0 Å². The fourth-order valence-corrected chi connectivity index (χ4v) is 3.69. The molecule has 0 N–H and O–H groups in total. The van der Waals surface area contributed by atoms with Crippen molar-refractivity contribution >= 4 is 34.2 Å². The minimum absolute atomic E-state index is 0.759. The zero-order chi connectivity index (χ0) is 16.8. The van der Waals surface area contributed by atoms with Gasteiger partial charge in [0.15, 0.2) is 0 Å². The van der Waals surface area contributed by atoms with Crippen LogP contribution in [0.1, 0.15) is 16.7 Å². The van der Waals surface area contributed by atoms with Crippen LogP contribution in [0, 0.1) is 0 Å². The molecule has 0 amide bonds. The molecule has 0 saturated heterocycles. The number of fused-ring (bicyclic) bond motifs is 4. The quantitative estimate of drug-likeness (QED) is 0.341. The Labute approximate surface area is 151 Å². The van der Waals surface area contributed by atoms with Gasteiger partial charge in [-0.2, -0.15) is 0 Å². The summed E-state index contributed by atoms with van der Waals surface area (Å²) in [5.74, 6) is 0. The second kappa shape index (κ2) is 5.58. The smallest absolute Gasteiger partial charge is 0.0794 e. The molecule has 0 spiro atoms. The standard InChI is InChI=1S/C23H14ClN/c24-21-11-5-1-7-15(21)13-19-17-9-3-4-10-18(17)23-20(19)14-16-8-2-6-12-22(16)25-23/h1-14H/b19-13-. The predicted octanol–water partition coefficient (Wildman–Crippen LogP) is 6.46. The van der Waals surface area contributed by atoms with E-state index < -0.39 is 0 Å². The molecule has 0 atom stereocenters. The van der Waals surface area contributed by atoms with Crippen molar-refractivity contribution < 1.29 is 0 Å². The number of aromatic nitrogens is 1. The van der Waals surface area contributed by atoms with Gasteiger partial charge in [0, 0.05) is 21.5 Å². The van der Waals surface area contributed by atoms with Crippen LogP contribution in [0.2, 0.25) is 5.02 Å². The summed E-state index contributed by atoms with van der Waals surface area (Å²) in [4.78, 5) is 4.94. The molecule has 1 aromatic heterocycles. The average molecular weight is 340 g/mol. The van der Waals surface area contributed by atoms with Crippen LogP contribution in [0.4, 0.5) is 0 Å². The van der Waals surface area contributed by atoms with Crippen molar-refractivity contribution in [1.82, 2.24) is 4.98 Å². The van der Waals surface area contributed by atoms with Crippen LogP contribution < -0.4 is 0 Å². The third kappa shape index (κ3) is 2.28. The van der Waals surface area contributed by atoms with Gasteiger partial charge < -0.3 is 0 Å². The lowest BCUT2D eigenvalue weighted by atomic mass is 10.0. The molecule has 25 heavy (non-hydrogen) atoms. The van der Waals surface area contributed by atoms with Crippen LogP contribution in [0.25, 0.3) is 33.8 Å². The molecule has 1 aliphatic rings. The topological polar surface area (TPSA) is 12.9 Å². The summed E-state index contributed by atoms with van der Waals surface area (Å²) in [6.07, 6.45) is 2.17. The molecule has 5 rings (SSSR count). The fraction of sp³-hybridized carbons (Fsp3) is 0. The van der Waals surface area contributed by atoms with Crippen molar-refractivity contribution in [3.05, 3.63) is 101 Å². The molecule has 0 bridgehead atoms. The highest BCUT2D eigenvalue weighted by molar-refractivity contribution is 6.32. The second-order valence-electron chi connectivity index (χ2n) is 6.20. The van der Waals surface area contributed by atoms with E-state index in [4.69, 9.17) is 16.6 Å². The third-order valence-electron chi connectivity index (χ3n) is 4.69. The summed E-state index contributed by atoms with van der Waals surface area (Å²) in [7, 11) is 0. The lowest BCUT2D eigenvalue weighted by molar-refractivity contribution is 1.40. The van der Waals surface area contributed by atoms with E-state index in [1.54, 1.807) is 0 Å². The van der Waals surface area contributed by atoms with E-state index in [0.29, 0.717) is 0 Å². The van der Waals surface area contributed by atoms with Gasteiger partial charge in [-0.25, -0.2) is 4.98 Å². The van der Waals surface area contributed by atoms with E-state index in [1.807, 2.05) is 30.3 Å². The molecular formula is C23H14ClN. The van der Waals surface area contributed by atoms with E-state index in [0.717, 1.165) is 27.2 Å². The van der Waals surface area contributed by atoms with Gasteiger partial charge in [-0.3, -0.25) is 0 Å². The Kier molecular flexibility index (Phi) is 3.22. The van der Waals surface area contributed by atoms with E-state index in [9.17, 15) is 0 Å². The van der Waals surface area contributed by atoms with Crippen molar-refractivity contribution in [3.63, 3.8) is 0 Å². The van der Waals surface area contributed by atoms with Crippen LogP contribution in [-0.4, -0.2) is 4.98 Å². The number of benzene rings is 3. The van der Waals surface area contributed by atoms with Crippen LogP contribution in [0.15, 0.2) is 78.9 Å². The van der Waals surface area contributed by atoms with Crippen molar-refractivity contribution in [2.75, 3.05) is 0 Å². The maximum absolute atomic E-state index is 6.39. The average Bonchev–Trinajstić information content (AvgIpc) is 2.95. The number of halogens is 1. The first-order valence-electron chi connectivity index (χ1n) is 8.27. The zero-order valence-electron chi connectivity index (χ0n) is 13.4. The second-order valence-corrected chi connectivity index (χ2v) is 6.61. The van der Waals surface area contributed by atoms with Gasteiger partial charge in [-0.1, -0.05) is 72.3 Å². The van der Waals surface area contributed by atoms with Crippen molar-refractivity contribution in [3.8, 4) is 11.3 Å². The van der Waals surface area contributed by atoms with Crippen LogP contribution in [0.3, 0.4) is 0 Å². The van der Waals surface area contributed by atoms with Crippen LogP contribution in [-0.2, 0) is 0 Å². The van der Waals surface area contributed by atoms with Crippen LogP contribution in [0.5, 0.6) is 0 Å². The first-order chi connectivity index (χ1) is 12.3. The highest BCUT2D eigenvalue weighted by Crippen LogP contribution is 2.45. The monoisotopic (exact) mass is 339 g/mol. The Morgan fingerprint density at radius 1 is 0.720 bits per heavy atom. The Morgan fingerprint density at radius 2 is 1.44 bits per heavy atom. The first kappa shape index (κ1) is 14.4. The number of hydrogen-bond acceptors (Lipinski definition) is 1. The van der Waals surface area contributed by atoms with Crippen molar-refractivity contribution in [2.24, 2.45) is 0 Å². The molecule has 0 fully saturated rings. The largest absolute Gasteiger partial charge is 0.247 e. The van der Waals surface area contributed by atoms with Gasteiger partial charge in [0.2, 0.25) is 0 Å². The lowest BCUT2D eigenvalue weighted by Crippen LogP contribution is -1.87. The molecule has 118 valence electrons. The Balaban J connectivity index is 1.84. The lowest BCUT2D eigenvalue weighted by Gasteiger charge is -2.06. The fourth-order valence-electron chi connectivity index (χ4n) is 3.50. The molecule has 3 aromatic carbocycles. The molecule has 0 saturated carbocycles. The molecule has 1 heterocycles. The van der Waals surface area contributed by atoms with Gasteiger partial charge in [0.05, 0.1) is 11.2 Å². The molecule has 2 heteroatoms. The van der Waals surface area contributed by atoms with Gasteiger partial charge in [-0.05, 0) is 41.0 Å². The molecule has 1 aliphatic carbocycles. The summed E-state index contributed by atoms with van der Waals surface area (Å²) in [6.45, 7) is 0. The summed E-state index contributed by atoms with van der Waals surface area (Å²) in [5, 5.41) is 1.91. The van der Waals surface area contributed by atoms with Gasteiger partial charge in [-0.15, -0.1) is 0 Å². The maximum Gasteiger partial charge on any atom is 0.0794 e. The van der Waals surface area contributed by atoms with Gasteiger partial charge >= 0.3 is 0 Å². The van der Waals surface area contributed by atoms with Gasteiger partial charge in [0.25, 0.3) is 0 Å². The summed E-state index contributed by atoms with van der Waals surface area (Å²) < 4.78 is 0. The molecule has 1 nitrogen and oxygen atoms in total. The predicted molar refractivity (Wildman–Crippen MR) is 106 cm³/mol. The number of nitrogens with zero attached hydrogens (tertiary/aromatic N) is 1. The first-order valence-corrected chi connectivity index (χ1v) is 8.65.